The molecule has 1 aliphatic heterocycles. The van der Waals surface area contributed by atoms with Crippen LogP contribution in [0, 0.1) is 0 Å². The van der Waals surface area contributed by atoms with Crippen molar-refractivity contribution in [3.05, 3.63) is 29.3 Å². The van der Waals surface area contributed by atoms with Gasteiger partial charge in [-0.15, -0.1) is 12.4 Å². The summed E-state index contributed by atoms with van der Waals surface area (Å²) in [4.78, 5) is 21.6. The summed E-state index contributed by atoms with van der Waals surface area (Å²) in [7, 11) is 0. The first kappa shape index (κ1) is 13.1. The Bertz CT molecular complexity index is 462. The molecular weight excluding hydrogens is 250 g/mol. The van der Waals surface area contributed by atoms with Gasteiger partial charge in [0.1, 0.15) is 17.9 Å². The van der Waals surface area contributed by atoms with Gasteiger partial charge in [-0.1, -0.05) is 6.07 Å². The molecule has 1 amide bonds. The van der Waals surface area contributed by atoms with Gasteiger partial charge in [-0.05, 0) is 17.7 Å². The van der Waals surface area contributed by atoms with Crippen molar-refractivity contribution in [1.29, 1.82) is 0 Å². The number of cyclic esters (lactones) is 1. The molecule has 1 saturated heterocycles. The number of carbonyl (C=O) groups excluding carboxylic acids is 1. The van der Waals surface area contributed by atoms with E-state index in [2.05, 4.69) is 5.32 Å². The van der Waals surface area contributed by atoms with Crippen LogP contribution < -0.4 is 5.32 Å². The Morgan fingerprint density at radius 2 is 2.18 bits per heavy atom. The molecule has 0 aromatic heterocycles. The van der Waals surface area contributed by atoms with Gasteiger partial charge in [0.15, 0.2) is 0 Å². The van der Waals surface area contributed by atoms with E-state index < -0.39 is 12.1 Å². The molecule has 1 aromatic rings. The van der Waals surface area contributed by atoms with Crippen LogP contribution in [0.2, 0.25) is 0 Å². The van der Waals surface area contributed by atoms with E-state index in [1.807, 2.05) is 0 Å². The number of carboxylic acid groups (broad SMARTS) is 1. The number of rotatable bonds is 2. The van der Waals surface area contributed by atoms with Gasteiger partial charge in [-0.2, -0.15) is 0 Å². The average molecular weight is 260 g/mol. The van der Waals surface area contributed by atoms with E-state index in [0.717, 1.165) is 0 Å². The summed E-state index contributed by atoms with van der Waals surface area (Å²) in [6.07, 6.45) is -0.532. The number of hydrogen-bond acceptors (Lipinski definition) is 4. The van der Waals surface area contributed by atoms with Crippen molar-refractivity contribution in [2.45, 2.75) is 6.04 Å². The van der Waals surface area contributed by atoms with Gasteiger partial charge in [0, 0.05) is 0 Å². The highest BCUT2D eigenvalue weighted by Crippen LogP contribution is 2.24. The third-order valence-electron chi connectivity index (χ3n) is 2.33. The predicted octanol–water partition coefficient (Wildman–Crippen LogP) is 1.29. The van der Waals surface area contributed by atoms with E-state index in [1.165, 1.54) is 12.1 Å². The summed E-state index contributed by atoms with van der Waals surface area (Å²) in [5.74, 6) is -1.52. The minimum absolute atomic E-state index is 0. The topological polar surface area (TPSA) is 95.9 Å². The van der Waals surface area contributed by atoms with Crippen molar-refractivity contribution in [2.75, 3.05) is 6.61 Å². The first-order valence-electron chi connectivity index (χ1n) is 4.57. The Hall–Kier alpha value is -1.95. The van der Waals surface area contributed by atoms with Crippen molar-refractivity contribution < 1.29 is 24.5 Å². The second-order valence-corrected chi connectivity index (χ2v) is 3.38. The van der Waals surface area contributed by atoms with E-state index in [4.69, 9.17) is 9.84 Å². The zero-order valence-electron chi connectivity index (χ0n) is 8.54. The van der Waals surface area contributed by atoms with Crippen molar-refractivity contribution in [1.82, 2.24) is 5.32 Å². The molecule has 1 heterocycles. The van der Waals surface area contributed by atoms with Gasteiger partial charge in [0.2, 0.25) is 0 Å². The normalized spacial score (nSPS) is 17.9. The molecule has 1 fully saturated rings. The number of amides is 1. The van der Waals surface area contributed by atoms with Gasteiger partial charge in [0.25, 0.3) is 0 Å². The maximum absolute atomic E-state index is 10.8. The lowest BCUT2D eigenvalue weighted by molar-refractivity contribution is 0.0693. The Kier molecular flexibility index (Phi) is 3.80. The Morgan fingerprint density at radius 3 is 2.71 bits per heavy atom. The third-order valence-corrected chi connectivity index (χ3v) is 2.33. The summed E-state index contributed by atoms with van der Waals surface area (Å²) in [5, 5.41) is 20.6. The number of benzene rings is 1. The fraction of sp³-hybridized carbons (Fsp3) is 0.200. The zero-order chi connectivity index (χ0) is 11.7. The highest BCUT2D eigenvalue weighted by Gasteiger charge is 2.25. The number of aromatic hydroxyl groups is 1. The summed E-state index contributed by atoms with van der Waals surface area (Å²) in [5.41, 5.74) is 0.389. The summed E-state index contributed by atoms with van der Waals surface area (Å²) in [6, 6.07) is 3.77. The molecule has 17 heavy (non-hydrogen) atoms. The number of aromatic carboxylic acids is 1. The molecule has 7 heteroatoms. The van der Waals surface area contributed by atoms with Crippen LogP contribution in [-0.2, 0) is 4.74 Å². The van der Waals surface area contributed by atoms with Crippen LogP contribution in [0.3, 0.4) is 0 Å². The smallest absolute Gasteiger partial charge is 0.407 e. The number of hydrogen-bond donors (Lipinski definition) is 3. The molecule has 1 aliphatic rings. The predicted molar refractivity (Wildman–Crippen MR) is 59.5 cm³/mol. The number of carbonyl (C=O) groups is 2. The quantitative estimate of drug-likeness (QED) is 0.744. The number of nitrogens with one attached hydrogen (secondary N) is 1. The first-order chi connectivity index (χ1) is 7.58. The minimum atomic E-state index is -1.22. The van der Waals surface area contributed by atoms with E-state index >= 15 is 0 Å². The lowest BCUT2D eigenvalue weighted by Crippen LogP contribution is -2.18. The molecule has 6 nitrogen and oxygen atoms in total. The zero-order valence-corrected chi connectivity index (χ0v) is 9.36. The lowest BCUT2D eigenvalue weighted by Gasteiger charge is -2.09. The Morgan fingerprint density at radius 1 is 1.47 bits per heavy atom. The molecule has 0 bridgehead atoms. The largest absolute Gasteiger partial charge is 0.507 e. The molecule has 2 rings (SSSR count). The SMILES string of the molecule is Cl.O=C1N[C@@H](c2ccc(O)c(C(=O)O)c2)CO1. The molecule has 0 aliphatic carbocycles. The third kappa shape index (κ3) is 2.59. The van der Waals surface area contributed by atoms with E-state index in [-0.39, 0.29) is 36.4 Å². The summed E-state index contributed by atoms with van der Waals surface area (Å²) in [6.45, 7) is 0.155. The molecule has 1 atom stereocenters. The summed E-state index contributed by atoms with van der Waals surface area (Å²) < 4.78 is 4.69. The van der Waals surface area contributed by atoms with Crippen LogP contribution in [0.5, 0.6) is 5.75 Å². The highest BCUT2D eigenvalue weighted by atomic mass is 35.5. The molecule has 1 aromatic carbocycles. The van der Waals surface area contributed by atoms with Crippen LogP contribution in [0.15, 0.2) is 18.2 Å². The molecule has 92 valence electrons. The fourth-order valence-corrected chi connectivity index (χ4v) is 1.51. The van der Waals surface area contributed by atoms with E-state index in [9.17, 15) is 14.7 Å². The lowest BCUT2D eigenvalue weighted by atomic mass is 10.0. The van der Waals surface area contributed by atoms with Crippen LogP contribution in [0.4, 0.5) is 4.79 Å². The van der Waals surface area contributed by atoms with Gasteiger partial charge < -0.3 is 20.3 Å². The highest BCUT2D eigenvalue weighted by molar-refractivity contribution is 5.91. The number of halogens is 1. The Labute approximate surface area is 103 Å². The van der Waals surface area contributed by atoms with Crippen molar-refractivity contribution in [2.24, 2.45) is 0 Å². The molecule has 3 N–H and O–H groups in total. The molecule has 0 unspecified atom stereocenters. The van der Waals surface area contributed by atoms with Gasteiger partial charge in [-0.25, -0.2) is 9.59 Å². The first-order valence-corrected chi connectivity index (χ1v) is 4.57. The molecule has 0 radical (unpaired) electrons. The maximum atomic E-state index is 10.8. The van der Waals surface area contributed by atoms with E-state index in [1.54, 1.807) is 6.07 Å². The van der Waals surface area contributed by atoms with Crippen molar-refractivity contribution in [3.63, 3.8) is 0 Å². The molecule has 0 spiro atoms. The van der Waals surface area contributed by atoms with Crippen LogP contribution in [0.25, 0.3) is 0 Å². The van der Waals surface area contributed by atoms with E-state index in [0.29, 0.717) is 5.56 Å². The van der Waals surface area contributed by atoms with Crippen LogP contribution in [0.1, 0.15) is 22.0 Å². The molecule has 0 saturated carbocycles. The number of ether oxygens (including phenoxy) is 1. The second kappa shape index (κ2) is 4.92. The number of alkyl carbamates (subject to hydrolysis) is 1. The standard InChI is InChI=1S/C10H9NO5.ClH/c12-8-2-1-5(3-6(8)9(13)14)7-4-16-10(15)11-7;/h1-3,7,12H,4H2,(H,11,15)(H,13,14);1H/t7-;/m1./s1. The van der Waals surface area contributed by atoms with Crippen molar-refractivity contribution >= 4 is 24.5 Å². The number of carboxylic acids is 1. The van der Waals surface area contributed by atoms with Gasteiger partial charge >= 0.3 is 12.1 Å². The summed E-state index contributed by atoms with van der Waals surface area (Å²) >= 11 is 0. The molecular formula is C10H10ClNO5. The second-order valence-electron chi connectivity index (χ2n) is 3.38. The van der Waals surface area contributed by atoms with Gasteiger partial charge in [0.05, 0.1) is 6.04 Å². The maximum Gasteiger partial charge on any atom is 0.407 e. The van der Waals surface area contributed by atoms with Crippen LogP contribution in [-0.4, -0.2) is 28.9 Å². The number of phenols is 1. The minimum Gasteiger partial charge on any atom is -0.507 e. The monoisotopic (exact) mass is 259 g/mol. The van der Waals surface area contributed by atoms with Crippen LogP contribution >= 0.6 is 12.4 Å². The van der Waals surface area contributed by atoms with Crippen molar-refractivity contribution in [3.8, 4) is 5.75 Å². The van der Waals surface area contributed by atoms with Gasteiger partial charge in [-0.3, -0.25) is 0 Å². The fourth-order valence-electron chi connectivity index (χ4n) is 1.51. The average Bonchev–Trinajstić information content (AvgIpc) is 2.65. The Balaban J connectivity index is 0.00000144.